The Morgan fingerprint density at radius 3 is 2.44 bits per heavy atom. The van der Waals surface area contributed by atoms with Crippen LogP contribution in [-0.2, 0) is 0 Å². The molecule has 3 nitrogen and oxygen atoms in total. The minimum Gasteiger partial charge on any atom is -0.496 e. The Morgan fingerprint density at radius 1 is 1.11 bits per heavy atom. The molecule has 0 saturated carbocycles. The average molecular weight is 307 g/mol. The van der Waals surface area contributed by atoms with Crippen molar-refractivity contribution >= 4 is 21.9 Å². The molecule has 0 amide bonds. The number of para-hydroxylation sites is 1. The molecule has 2 rings (SSSR count). The molecule has 2 aromatic carbocycles. The monoisotopic (exact) mass is 306 g/mol. The summed E-state index contributed by atoms with van der Waals surface area (Å²) in [6, 6.07) is 14.0. The van der Waals surface area contributed by atoms with Gasteiger partial charge in [0.25, 0.3) is 0 Å². The highest BCUT2D eigenvalue weighted by Crippen LogP contribution is 2.26. The summed E-state index contributed by atoms with van der Waals surface area (Å²) in [4.78, 5) is 11.9. The van der Waals surface area contributed by atoms with Crippen molar-refractivity contribution in [2.75, 3.05) is 7.11 Å². The number of methoxy groups -OCH3 is 1. The van der Waals surface area contributed by atoms with Gasteiger partial charge < -0.3 is 9.47 Å². The second-order valence-corrected chi connectivity index (χ2v) is 4.41. The van der Waals surface area contributed by atoms with Crippen LogP contribution in [0.1, 0.15) is 10.4 Å². The van der Waals surface area contributed by atoms with Crippen molar-refractivity contribution in [3.8, 4) is 11.5 Å². The van der Waals surface area contributed by atoms with Crippen LogP contribution in [0.5, 0.6) is 11.5 Å². The maximum Gasteiger partial charge on any atom is 0.343 e. The minimum atomic E-state index is -0.399. The number of rotatable bonds is 3. The predicted octanol–water partition coefficient (Wildman–Crippen LogP) is 3.68. The summed E-state index contributed by atoms with van der Waals surface area (Å²) in [5.74, 6) is 0.797. The van der Waals surface area contributed by atoms with Gasteiger partial charge in [0.05, 0.1) is 17.1 Å². The number of carbonyl (C=O) groups is 1. The molecule has 92 valence electrons. The van der Waals surface area contributed by atoms with Gasteiger partial charge in [-0.3, -0.25) is 0 Å². The number of ether oxygens (including phenoxy) is 2. The van der Waals surface area contributed by atoms with E-state index in [1.165, 1.54) is 0 Å². The van der Waals surface area contributed by atoms with Gasteiger partial charge in [0.2, 0.25) is 0 Å². The van der Waals surface area contributed by atoms with Crippen LogP contribution in [0.3, 0.4) is 0 Å². The van der Waals surface area contributed by atoms with E-state index in [-0.39, 0.29) is 0 Å². The number of hydrogen-bond donors (Lipinski definition) is 0. The first-order chi connectivity index (χ1) is 8.70. The van der Waals surface area contributed by atoms with E-state index in [1.54, 1.807) is 37.4 Å². The second-order valence-electron chi connectivity index (χ2n) is 3.55. The van der Waals surface area contributed by atoms with Gasteiger partial charge in [-0.15, -0.1) is 0 Å². The van der Waals surface area contributed by atoms with E-state index in [2.05, 4.69) is 15.9 Å². The molecule has 0 fully saturated rings. The summed E-state index contributed by atoms with van der Waals surface area (Å²) in [7, 11) is 1.57. The van der Waals surface area contributed by atoms with E-state index < -0.39 is 5.97 Å². The molecule has 0 aliphatic heterocycles. The Morgan fingerprint density at radius 2 is 1.83 bits per heavy atom. The maximum atomic E-state index is 11.9. The van der Waals surface area contributed by atoms with Crippen molar-refractivity contribution in [2.24, 2.45) is 0 Å². The molecule has 0 heterocycles. The number of hydrogen-bond acceptors (Lipinski definition) is 3. The molecule has 4 heteroatoms. The molecule has 0 N–H and O–H groups in total. The van der Waals surface area contributed by atoms with Gasteiger partial charge in [-0.25, -0.2) is 4.79 Å². The molecule has 0 atom stereocenters. The lowest BCUT2D eigenvalue weighted by atomic mass is 10.2. The van der Waals surface area contributed by atoms with Crippen LogP contribution in [0.25, 0.3) is 0 Å². The number of esters is 1. The molecule has 0 spiro atoms. The zero-order chi connectivity index (χ0) is 13.0. The van der Waals surface area contributed by atoms with Gasteiger partial charge in [0, 0.05) is 0 Å². The van der Waals surface area contributed by atoms with Crippen LogP contribution in [-0.4, -0.2) is 13.1 Å². The first kappa shape index (κ1) is 12.6. The van der Waals surface area contributed by atoms with Gasteiger partial charge in [0.15, 0.2) is 0 Å². The van der Waals surface area contributed by atoms with Crippen LogP contribution < -0.4 is 9.47 Å². The Labute approximate surface area is 113 Å². The van der Waals surface area contributed by atoms with E-state index in [0.717, 1.165) is 0 Å². The Hall–Kier alpha value is -1.81. The largest absolute Gasteiger partial charge is 0.496 e. The van der Waals surface area contributed by atoms with E-state index in [4.69, 9.17) is 9.47 Å². The van der Waals surface area contributed by atoms with E-state index in [1.807, 2.05) is 18.2 Å². The molecule has 2 aromatic rings. The van der Waals surface area contributed by atoms with E-state index in [0.29, 0.717) is 21.5 Å². The van der Waals surface area contributed by atoms with Crippen LogP contribution in [0.2, 0.25) is 0 Å². The Kier molecular flexibility index (Phi) is 3.99. The molecule has 0 saturated heterocycles. The third-order valence-corrected chi connectivity index (χ3v) is 2.96. The van der Waals surface area contributed by atoms with E-state index >= 15 is 0 Å². The molecule has 0 unspecified atom stereocenters. The second kappa shape index (κ2) is 5.69. The number of carbonyl (C=O) groups excluding carboxylic acids is 1. The third-order valence-electron chi connectivity index (χ3n) is 2.34. The fourth-order valence-corrected chi connectivity index (χ4v) is 1.99. The zero-order valence-corrected chi connectivity index (χ0v) is 11.3. The van der Waals surface area contributed by atoms with Crippen LogP contribution in [0.4, 0.5) is 0 Å². The lowest BCUT2D eigenvalue weighted by Crippen LogP contribution is -2.08. The molecular weight excluding hydrogens is 296 g/mol. The standard InChI is InChI=1S/C14H11BrO3/c1-17-13-8-7-10(9-12(13)15)14(16)18-11-5-3-2-4-6-11/h2-9H,1H3. The molecule has 18 heavy (non-hydrogen) atoms. The van der Waals surface area contributed by atoms with Crippen molar-refractivity contribution < 1.29 is 14.3 Å². The fourth-order valence-electron chi connectivity index (χ4n) is 1.45. The topological polar surface area (TPSA) is 35.5 Å². The Balaban J connectivity index is 2.17. The first-order valence-corrected chi connectivity index (χ1v) is 6.11. The fraction of sp³-hybridized carbons (Fsp3) is 0.0714. The van der Waals surface area contributed by atoms with E-state index in [9.17, 15) is 4.79 Å². The summed E-state index contributed by atoms with van der Waals surface area (Å²) in [6.07, 6.45) is 0. The van der Waals surface area contributed by atoms with Gasteiger partial charge in [-0.1, -0.05) is 18.2 Å². The maximum absolute atomic E-state index is 11.9. The summed E-state index contributed by atoms with van der Waals surface area (Å²) >= 11 is 3.33. The summed E-state index contributed by atoms with van der Waals surface area (Å²) in [5, 5.41) is 0. The van der Waals surface area contributed by atoms with Crippen molar-refractivity contribution in [1.29, 1.82) is 0 Å². The van der Waals surface area contributed by atoms with Gasteiger partial charge >= 0.3 is 5.97 Å². The molecular formula is C14H11BrO3. The SMILES string of the molecule is COc1ccc(C(=O)Oc2ccccc2)cc1Br. The summed E-state index contributed by atoms with van der Waals surface area (Å²) in [5.41, 5.74) is 0.464. The highest BCUT2D eigenvalue weighted by Gasteiger charge is 2.10. The first-order valence-electron chi connectivity index (χ1n) is 5.31. The van der Waals surface area contributed by atoms with Crippen LogP contribution in [0, 0.1) is 0 Å². The van der Waals surface area contributed by atoms with Crippen molar-refractivity contribution in [2.45, 2.75) is 0 Å². The van der Waals surface area contributed by atoms with Crippen LogP contribution >= 0.6 is 15.9 Å². The highest BCUT2D eigenvalue weighted by atomic mass is 79.9. The number of benzene rings is 2. The van der Waals surface area contributed by atoms with Crippen LogP contribution in [0.15, 0.2) is 53.0 Å². The molecule has 0 bridgehead atoms. The molecule has 0 aliphatic carbocycles. The minimum absolute atomic E-state index is 0.399. The predicted molar refractivity (Wildman–Crippen MR) is 72.1 cm³/mol. The summed E-state index contributed by atoms with van der Waals surface area (Å²) < 4.78 is 11.0. The summed E-state index contributed by atoms with van der Waals surface area (Å²) in [6.45, 7) is 0. The molecule has 0 radical (unpaired) electrons. The lowest BCUT2D eigenvalue weighted by molar-refractivity contribution is 0.0734. The average Bonchev–Trinajstić information content (AvgIpc) is 2.39. The normalized spacial score (nSPS) is 9.89. The van der Waals surface area contributed by atoms with Crippen molar-refractivity contribution in [3.05, 3.63) is 58.6 Å². The van der Waals surface area contributed by atoms with Crippen molar-refractivity contribution in [3.63, 3.8) is 0 Å². The smallest absolute Gasteiger partial charge is 0.343 e. The quantitative estimate of drug-likeness (QED) is 0.641. The molecule has 0 aromatic heterocycles. The van der Waals surface area contributed by atoms with Crippen molar-refractivity contribution in [1.82, 2.24) is 0 Å². The van der Waals surface area contributed by atoms with Gasteiger partial charge in [0.1, 0.15) is 11.5 Å². The number of halogens is 1. The lowest BCUT2D eigenvalue weighted by Gasteiger charge is -2.06. The highest BCUT2D eigenvalue weighted by molar-refractivity contribution is 9.10. The van der Waals surface area contributed by atoms with Gasteiger partial charge in [-0.2, -0.15) is 0 Å². The third kappa shape index (κ3) is 2.90. The molecule has 0 aliphatic rings. The van der Waals surface area contributed by atoms with Gasteiger partial charge in [-0.05, 0) is 46.3 Å². The zero-order valence-electron chi connectivity index (χ0n) is 9.72. The Bertz CT molecular complexity index is 552.